The molecule has 1 amide bonds. The Morgan fingerprint density at radius 3 is 2.47 bits per heavy atom. The van der Waals surface area contributed by atoms with Crippen molar-refractivity contribution in [2.24, 2.45) is 0 Å². The molecule has 0 spiro atoms. The molecule has 0 saturated carbocycles. The zero-order valence-electron chi connectivity index (χ0n) is 18.5. The van der Waals surface area contributed by atoms with Gasteiger partial charge in [-0.15, -0.1) is 28.5 Å². The molecular weight excluding hydrogens is 443 g/mol. The Bertz CT molecular complexity index is 1070. The number of carbonyl (C=O) groups is 1. The van der Waals surface area contributed by atoms with E-state index >= 15 is 0 Å². The van der Waals surface area contributed by atoms with Crippen molar-refractivity contribution in [1.82, 2.24) is 14.8 Å². The first-order chi connectivity index (χ1) is 15.4. The fourth-order valence-corrected chi connectivity index (χ4v) is 5.06. The van der Waals surface area contributed by atoms with Crippen molar-refractivity contribution >= 4 is 35.1 Å². The summed E-state index contributed by atoms with van der Waals surface area (Å²) in [6.45, 7) is 10.4. The molecule has 1 N–H and O–H groups in total. The molecule has 0 radical (unpaired) electrons. The zero-order chi connectivity index (χ0) is 23.1. The monoisotopic (exact) mass is 470 g/mol. The highest BCUT2D eigenvalue weighted by molar-refractivity contribution is 7.99. The van der Waals surface area contributed by atoms with Crippen molar-refractivity contribution in [2.45, 2.75) is 44.0 Å². The van der Waals surface area contributed by atoms with Crippen LogP contribution < -0.4 is 5.32 Å². The molecular formula is C24H27FN4OS2. The van der Waals surface area contributed by atoms with E-state index in [9.17, 15) is 9.18 Å². The molecule has 0 fully saturated rings. The van der Waals surface area contributed by atoms with Crippen LogP contribution in [-0.4, -0.2) is 26.4 Å². The maximum Gasteiger partial charge on any atom is 0.234 e. The van der Waals surface area contributed by atoms with E-state index < -0.39 is 0 Å². The quantitative estimate of drug-likeness (QED) is 0.305. The van der Waals surface area contributed by atoms with Crippen LogP contribution in [0.15, 0.2) is 54.2 Å². The fourth-order valence-electron chi connectivity index (χ4n) is 3.37. The third kappa shape index (κ3) is 6.46. The number of rotatable bonds is 10. The zero-order valence-corrected chi connectivity index (χ0v) is 20.2. The van der Waals surface area contributed by atoms with Crippen molar-refractivity contribution in [3.8, 4) is 0 Å². The molecule has 8 heteroatoms. The number of hydrogen-bond acceptors (Lipinski definition) is 5. The van der Waals surface area contributed by atoms with Crippen LogP contribution in [-0.2, 0) is 22.8 Å². The number of amides is 1. The van der Waals surface area contributed by atoms with Gasteiger partial charge in [0.2, 0.25) is 5.91 Å². The summed E-state index contributed by atoms with van der Waals surface area (Å²) in [5.41, 5.74) is 5.20. The van der Waals surface area contributed by atoms with Crippen molar-refractivity contribution in [2.75, 3.05) is 11.1 Å². The molecule has 0 atom stereocenters. The van der Waals surface area contributed by atoms with Gasteiger partial charge in [0.15, 0.2) is 5.16 Å². The third-order valence-corrected chi connectivity index (χ3v) is 6.76. The molecule has 2 aromatic carbocycles. The van der Waals surface area contributed by atoms with E-state index in [4.69, 9.17) is 0 Å². The lowest BCUT2D eigenvalue weighted by molar-refractivity contribution is -0.113. The van der Waals surface area contributed by atoms with Crippen LogP contribution in [0.25, 0.3) is 0 Å². The van der Waals surface area contributed by atoms with Crippen LogP contribution in [0.3, 0.4) is 0 Å². The Balaban J connectivity index is 1.59. The first-order valence-electron chi connectivity index (χ1n) is 10.2. The Labute approximate surface area is 196 Å². The first kappa shape index (κ1) is 24.1. The van der Waals surface area contributed by atoms with Gasteiger partial charge in [0.1, 0.15) is 11.6 Å². The summed E-state index contributed by atoms with van der Waals surface area (Å²) in [5.74, 6) is 2.16. The maximum atomic E-state index is 13.1. The lowest BCUT2D eigenvalue weighted by Crippen LogP contribution is -2.16. The van der Waals surface area contributed by atoms with Gasteiger partial charge in [-0.3, -0.25) is 4.79 Å². The number of nitrogens with zero attached hydrogens (tertiary/aromatic N) is 3. The maximum absolute atomic E-state index is 13.1. The van der Waals surface area contributed by atoms with E-state index in [1.54, 1.807) is 30.0 Å². The lowest BCUT2D eigenvalue weighted by Gasteiger charge is -2.13. The number of carbonyl (C=O) groups excluding carboxylic acids is 1. The van der Waals surface area contributed by atoms with Gasteiger partial charge in [-0.25, -0.2) is 4.39 Å². The molecule has 5 nitrogen and oxygen atoms in total. The van der Waals surface area contributed by atoms with Crippen LogP contribution >= 0.6 is 23.5 Å². The summed E-state index contributed by atoms with van der Waals surface area (Å²) in [4.78, 5) is 12.6. The topological polar surface area (TPSA) is 59.8 Å². The number of aromatic nitrogens is 3. The van der Waals surface area contributed by atoms with E-state index in [0.29, 0.717) is 17.5 Å². The normalized spacial score (nSPS) is 10.9. The van der Waals surface area contributed by atoms with Gasteiger partial charge in [0.25, 0.3) is 0 Å². The minimum Gasteiger partial charge on any atom is -0.325 e. The molecule has 0 saturated heterocycles. The van der Waals surface area contributed by atoms with Crippen molar-refractivity contribution in [3.63, 3.8) is 0 Å². The Kier molecular flexibility index (Phi) is 8.53. The number of hydrogen-bond donors (Lipinski definition) is 1. The predicted octanol–water partition coefficient (Wildman–Crippen LogP) is 5.69. The SMILES string of the molecule is C=CCn1c(CSCc2ccc(F)cc2)nnc1SCC(=O)Nc1c(C)cc(C)cc1C. The first-order valence-corrected chi connectivity index (χ1v) is 12.4. The van der Waals surface area contributed by atoms with E-state index in [-0.39, 0.29) is 17.5 Å². The molecule has 0 aliphatic carbocycles. The number of aryl methyl sites for hydroxylation is 3. The van der Waals surface area contributed by atoms with Crippen LogP contribution in [0, 0.1) is 26.6 Å². The second-order valence-electron chi connectivity index (χ2n) is 7.53. The summed E-state index contributed by atoms with van der Waals surface area (Å²) in [5, 5.41) is 12.3. The summed E-state index contributed by atoms with van der Waals surface area (Å²) < 4.78 is 15.0. The lowest BCUT2D eigenvalue weighted by atomic mass is 10.1. The second kappa shape index (κ2) is 11.3. The summed E-state index contributed by atoms with van der Waals surface area (Å²) in [6.07, 6.45) is 1.79. The van der Waals surface area contributed by atoms with E-state index in [0.717, 1.165) is 34.0 Å². The van der Waals surface area contributed by atoms with Gasteiger partial charge >= 0.3 is 0 Å². The molecule has 3 rings (SSSR count). The van der Waals surface area contributed by atoms with Crippen molar-refractivity contribution in [3.05, 3.63) is 82.9 Å². The highest BCUT2D eigenvalue weighted by Gasteiger charge is 2.15. The summed E-state index contributed by atoms with van der Waals surface area (Å²) in [6, 6.07) is 10.6. The molecule has 0 bridgehead atoms. The smallest absolute Gasteiger partial charge is 0.234 e. The third-order valence-electron chi connectivity index (χ3n) is 4.79. The van der Waals surface area contributed by atoms with Crippen molar-refractivity contribution in [1.29, 1.82) is 0 Å². The van der Waals surface area contributed by atoms with E-state index in [2.05, 4.69) is 34.2 Å². The average Bonchev–Trinajstić information content (AvgIpc) is 3.12. The Hall–Kier alpha value is -2.58. The average molecular weight is 471 g/mol. The minimum absolute atomic E-state index is 0.0783. The van der Waals surface area contributed by atoms with Gasteiger partial charge in [0.05, 0.1) is 11.5 Å². The number of halogens is 1. The molecule has 0 aliphatic heterocycles. The highest BCUT2D eigenvalue weighted by Crippen LogP contribution is 2.24. The van der Waals surface area contributed by atoms with Gasteiger partial charge in [-0.2, -0.15) is 0 Å². The number of benzene rings is 2. The van der Waals surface area contributed by atoms with Crippen LogP contribution in [0.2, 0.25) is 0 Å². The van der Waals surface area contributed by atoms with E-state index in [1.165, 1.54) is 29.5 Å². The highest BCUT2D eigenvalue weighted by atomic mass is 32.2. The van der Waals surface area contributed by atoms with Gasteiger partial charge in [-0.05, 0) is 49.6 Å². The molecule has 3 aromatic rings. The molecule has 1 aromatic heterocycles. The fraction of sp³-hybridized carbons (Fsp3) is 0.292. The molecule has 168 valence electrons. The number of thioether (sulfide) groups is 2. The number of allylic oxidation sites excluding steroid dienone is 1. The molecule has 1 heterocycles. The van der Waals surface area contributed by atoms with Crippen LogP contribution in [0.5, 0.6) is 0 Å². The van der Waals surface area contributed by atoms with Gasteiger partial charge in [-0.1, -0.05) is 47.7 Å². The molecule has 0 unspecified atom stereocenters. The Morgan fingerprint density at radius 1 is 1.12 bits per heavy atom. The van der Waals surface area contributed by atoms with Gasteiger partial charge in [0, 0.05) is 18.0 Å². The Morgan fingerprint density at radius 2 is 1.81 bits per heavy atom. The molecule has 32 heavy (non-hydrogen) atoms. The van der Waals surface area contributed by atoms with Crippen molar-refractivity contribution < 1.29 is 9.18 Å². The standard InChI is InChI=1S/C24H27FN4OS2/c1-5-10-29-21(14-31-13-19-6-8-20(25)9-7-19)27-28-24(29)32-15-22(30)26-23-17(3)11-16(2)12-18(23)4/h5-9,11-12H,1,10,13-15H2,2-4H3,(H,26,30). The largest absolute Gasteiger partial charge is 0.325 e. The number of anilines is 1. The second-order valence-corrected chi connectivity index (χ2v) is 9.46. The van der Waals surface area contributed by atoms with Crippen LogP contribution in [0.1, 0.15) is 28.1 Å². The molecule has 0 aliphatic rings. The van der Waals surface area contributed by atoms with Gasteiger partial charge < -0.3 is 9.88 Å². The number of nitrogens with one attached hydrogen (secondary N) is 1. The predicted molar refractivity (Wildman–Crippen MR) is 132 cm³/mol. The van der Waals surface area contributed by atoms with Crippen LogP contribution in [0.4, 0.5) is 10.1 Å². The summed E-state index contributed by atoms with van der Waals surface area (Å²) >= 11 is 3.04. The minimum atomic E-state index is -0.233. The van der Waals surface area contributed by atoms with E-state index in [1.807, 2.05) is 25.3 Å². The summed E-state index contributed by atoms with van der Waals surface area (Å²) in [7, 11) is 0.